The van der Waals surface area contributed by atoms with Gasteiger partial charge in [-0.15, -0.1) is 0 Å². The largest absolute Gasteiger partial charge is 0.496 e. The van der Waals surface area contributed by atoms with Crippen molar-refractivity contribution in [3.8, 4) is 17.2 Å². The predicted octanol–water partition coefficient (Wildman–Crippen LogP) is 2.39. The number of hydrogen-bond donors (Lipinski definition) is 1. The number of benzene rings is 2. The Hall–Kier alpha value is -2.25. The van der Waals surface area contributed by atoms with Gasteiger partial charge in [-0.05, 0) is 5.56 Å². The third-order valence-electron chi connectivity index (χ3n) is 3.85. The van der Waals surface area contributed by atoms with Crippen molar-refractivity contribution in [2.45, 2.75) is 5.92 Å². The van der Waals surface area contributed by atoms with Crippen molar-refractivity contribution in [2.24, 2.45) is 0 Å². The molecule has 136 valence electrons. The number of ether oxygens (including phenoxy) is 3. The highest BCUT2D eigenvalue weighted by Gasteiger charge is 2.25. The molecular formula is C18H23NO5S. The van der Waals surface area contributed by atoms with Gasteiger partial charge in [-0.25, -0.2) is 13.1 Å². The lowest BCUT2D eigenvalue weighted by atomic mass is 9.89. The number of nitrogens with one attached hydrogen (secondary N) is 1. The number of rotatable bonds is 8. The molecule has 2 rings (SSSR count). The second-order valence-electron chi connectivity index (χ2n) is 5.53. The summed E-state index contributed by atoms with van der Waals surface area (Å²) in [5.74, 6) is 1.45. The number of sulfonamides is 1. The Morgan fingerprint density at radius 1 is 0.960 bits per heavy atom. The summed E-state index contributed by atoms with van der Waals surface area (Å²) in [6.07, 6.45) is 1.14. The summed E-state index contributed by atoms with van der Waals surface area (Å²) in [5.41, 5.74) is 1.70. The first-order valence-electron chi connectivity index (χ1n) is 7.69. The summed E-state index contributed by atoms with van der Waals surface area (Å²) in [7, 11) is 1.34. The van der Waals surface area contributed by atoms with E-state index >= 15 is 0 Å². The van der Waals surface area contributed by atoms with Gasteiger partial charge in [0.15, 0.2) is 0 Å². The molecule has 0 aromatic heterocycles. The molecule has 0 radical (unpaired) electrons. The highest BCUT2D eigenvalue weighted by molar-refractivity contribution is 7.88. The summed E-state index contributed by atoms with van der Waals surface area (Å²) in [6, 6.07) is 13.1. The minimum Gasteiger partial charge on any atom is -0.496 e. The fourth-order valence-corrected chi connectivity index (χ4v) is 3.15. The zero-order chi connectivity index (χ0) is 18.4. The zero-order valence-electron chi connectivity index (χ0n) is 14.8. The Bertz CT molecular complexity index is 780. The van der Waals surface area contributed by atoms with Crippen LogP contribution < -0.4 is 18.9 Å². The Morgan fingerprint density at radius 2 is 1.52 bits per heavy atom. The molecule has 1 N–H and O–H groups in total. The van der Waals surface area contributed by atoms with Crippen molar-refractivity contribution < 1.29 is 22.6 Å². The Morgan fingerprint density at radius 3 is 1.96 bits per heavy atom. The first-order valence-corrected chi connectivity index (χ1v) is 9.58. The average Bonchev–Trinajstić information content (AvgIpc) is 2.61. The molecule has 0 aliphatic heterocycles. The quantitative estimate of drug-likeness (QED) is 0.778. The van der Waals surface area contributed by atoms with Crippen LogP contribution in [0.2, 0.25) is 0 Å². The molecule has 0 heterocycles. The molecule has 0 aliphatic carbocycles. The van der Waals surface area contributed by atoms with E-state index in [2.05, 4.69) is 4.72 Å². The van der Waals surface area contributed by atoms with Crippen LogP contribution in [0.3, 0.4) is 0 Å². The molecule has 0 unspecified atom stereocenters. The lowest BCUT2D eigenvalue weighted by molar-refractivity contribution is 0.366. The lowest BCUT2D eigenvalue weighted by Crippen LogP contribution is -2.28. The topological polar surface area (TPSA) is 73.9 Å². The van der Waals surface area contributed by atoms with Crippen molar-refractivity contribution in [1.82, 2.24) is 4.72 Å². The molecule has 0 aliphatic rings. The van der Waals surface area contributed by atoms with E-state index in [9.17, 15) is 8.42 Å². The number of methoxy groups -OCH3 is 3. The van der Waals surface area contributed by atoms with E-state index in [1.165, 1.54) is 0 Å². The predicted molar refractivity (Wildman–Crippen MR) is 97.2 cm³/mol. The van der Waals surface area contributed by atoms with Gasteiger partial charge < -0.3 is 14.2 Å². The molecule has 7 heteroatoms. The van der Waals surface area contributed by atoms with Crippen LogP contribution in [0, 0.1) is 0 Å². The maximum Gasteiger partial charge on any atom is 0.208 e. The van der Waals surface area contributed by atoms with Crippen molar-refractivity contribution in [2.75, 3.05) is 34.1 Å². The fraction of sp³-hybridized carbons (Fsp3) is 0.333. The van der Waals surface area contributed by atoms with Gasteiger partial charge in [0.05, 0.1) is 27.6 Å². The molecule has 2 aromatic carbocycles. The third-order valence-corrected chi connectivity index (χ3v) is 4.54. The van der Waals surface area contributed by atoms with Crippen LogP contribution in [0.4, 0.5) is 0 Å². The molecule has 6 nitrogen and oxygen atoms in total. The maximum absolute atomic E-state index is 11.6. The van der Waals surface area contributed by atoms with E-state index in [0.717, 1.165) is 17.4 Å². The smallest absolute Gasteiger partial charge is 0.208 e. The summed E-state index contributed by atoms with van der Waals surface area (Å²) < 4.78 is 42.1. The van der Waals surface area contributed by atoms with Gasteiger partial charge in [0.2, 0.25) is 10.0 Å². The molecule has 0 spiro atoms. The van der Waals surface area contributed by atoms with Crippen LogP contribution in [0.1, 0.15) is 17.0 Å². The van der Waals surface area contributed by atoms with Crippen LogP contribution in [0.5, 0.6) is 17.2 Å². The normalized spacial score (nSPS) is 12.5. The van der Waals surface area contributed by atoms with E-state index < -0.39 is 10.0 Å². The molecule has 1 atom stereocenters. The fourth-order valence-electron chi connectivity index (χ4n) is 2.68. The summed E-state index contributed by atoms with van der Waals surface area (Å²) in [4.78, 5) is 0. The highest BCUT2D eigenvalue weighted by atomic mass is 32.2. The molecule has 0 fully saturated rings. The van der Waals surface area contributed by atoms with Gasteiger partial charge in [0.1, 0.15) is 17.2 Å². The monoisotopic (exact) mass is 365 g/mol. The van der Waals surface area contributed by atoms with Crippen LogP contribution in [0.25, 0.3) is 0 Å². The molecule has 0 amide bonds. The van der Waals surface area contributed by atoms with Crippen molar-refractivity contribution in [3.05, 3.63) is 53.6 Å². The standard InChI is InChI=1S/C18H23NO5S/c1-22-14-10-16(23-2)18(17(11-14)24-3)15(12-19-25(4,20)21)13-8-6-5-7-9-13/h5-11,15,19H,12H2,1-4H3/t15-/m0/s1. The van der Waals surface area contributed by atoms with Gasteiger partial charge in [-0.2, -0.15) is 0 Å². The first kappa shape index (κ1) is 19.1. The minimum atomic E-state index is -3.34. The van der Waals surface area contributed by atoms with Gasteiger partial charge in [0.25, 0.3) is 0 Å². The van der Waals surface area contributed by atoms with Gasteiger partial charge in [0, 0.05) is 30.2 Å². The maximum atomic E-state index is 11.6. The van der Waals surface area contributed by atoms with Crippen LogP contribution in [-0.2, 0) is 10.0 Å². The van der Waals surface area contributed by atoms with E-state index in [1.807, 2.05) is 30.3 Å². The molecule has 0 saturated carbocycles. The van der Waals surface area contributed by atoms with Crippen molar-refractivity contribution in [3.63, 3.8) is 0 Å². The first-order chi connectivity index (χ1) is 11.9. The second-order valence-corrected chi connectivity index (χ2v) is 7.36. The lowest BCUT2D eigenvalue weighted by Gasteiger charge is -2.23. The van der Waals surface area contributed by atoms with Gasteiger partial charge >= 0.3 is 0 Å². The van der Waals surface area contributed by atoms with Crippen LogP contribution >= 0.6 is 0 Å². The van der Waals surface area contributed by atoms with E-state index in [0.29, 0.717) is 17.2 Å². The molecular weight excluding hydrogens is 342 g/mol. The van der Waals surface area contributed by atoms with Gasteiger partial charge in [-0.3, -0.25) is 0 Å². The van der Waals surface area contributed by atoms with Crippen LogP contribution in [0.15, 0.2) is 42.5 Å². The van der Waals surface area contributed by atoms with Crippen molar-refractivity contribution in [1.29, 1.82) is 0 Å². The zero-order valence-corrected chi connectivity index (χ0v) is 15.6. The number of hydrogen-bond acceptors (Lipinski definition) is 5. The van der Waals surface area contributed by atoms with E-state index in [-0.39, 0.29) is 12.5 Å². The second kappa shape index (κ2) is 8.22. The third kappa shape index (κ3) is 4.87. The minimum absolute atomic E-state index is 0.182. The average molecular weight is 365 g/mol. The van der Waals surface area contributed by atoms with E-state index in [4.69, 9.17) is 14.2 Å². The molecule has 0 saturated heterocycles. The summed E-state index contributed by atoms with van der Waals surface area (Å²) in [6.45, 7) is 0.182. The summed E-state index contributed by atoms with van der Waals surface area (Å²) >= 11 is 0. The Labute approximate surface area is 148 Å². The van der Waals surface area contributed by atoms with Gasteiger partial charge in [-0.1, -0.05) is 30.3 Å². The molecule has 2 aromatic rings. The van der Waals surface area contributed by atoms with Crippen LogP contribution in [-0.4, -0.2) is 42.5 Å². The highest BCUT2D eigenvalue weighted by Crippen LogP contribution is 2.41. The van der Waals surface area contributed by atoms with E-state index in [1.54, 1.807) is 33.5 Å². The molecule has 0 bridgehead atoms. The summed E-state index contributed by atoms with van der Waals surface area (Å²) in [5, 5.41) is 0. The SMILES string of the molecule is COc1cc(OC)c([C@@H](CNS(C)(=O)=O)c2ccccc2)c(OC)c1. The Kier molecular flexibility index (Phi) is 6.27. The van der Waals surface area contributed by atoms with Crippen molar-refractivity contribution >= 4 is 10.0 Å². The Balaban J connectivity index is 2.60. The molecule has 25 heavy (non-hydrogen) atoms.